The van der Waals surface area contributed by atoms with Gasteiger partial charge in [0.05, 0.1) is 0 Å². The average Bonchev–Trinajstić information content (AvgIpc) is 2.54. The zero-order valence-corrected chi connectivity index (χ0v) is 13.0. The van der Waals surface area contributed by atoms with Gasteiger partial charge >= 0.3 is 0 Å². The van der Waals surface area contributed by atoms with Crippen molar-refractivity contribution in [2.24, 2.45) is 5.92 Å². The summed E-state index contributed by atoms with van der Waals surface area (Å²) in [5.74, 6) is 0.294. The van der Waals surface area contributed by atoms with Gasteiger partial charge < -0.3 is 0 Å². The monoisotopic (exact) mass is 300 g/mol. The smallest absolute Gasteiger partial charge is 0.134 e. The highest BCUT2D eigenvalue weighted by atomic mass is 19.1. The number of fused-ring (bicyclic) bond motifs is 1. The summed E-state index contributed by atoms with van der Waals surface area (Å²) in [6, 6.07) is 9.98. The first-order valence-corrected chi connectivity index (χ1v) is 8.25. The molecule has 116 valence electrons. The molecule has 1 aliphatic rings. The van der Waals surface area contributed by atoms with Crippen molar-refractivity contribution in [1.29, 1.82) is 0 Å². The molecule has 0 saturated carbocycles. The van der Waals surface area contributed by atoms with E-state index in [0.29, 0.717) is 11.5 Å². The van der Waals surface area contributed by atoms with Gasteiger partial charge in [-0.1, -0.05) is 50.5 Å². The molecule has 0 spiro atoms. The highest BCUT2D eigenvalue weighted by Gasteiger charge is 2.22. The molecule has 22 heavy (non-hydrogen) atoms. The van der Waals surface area contributed by atoms with E-state index in [9.17, 15) is 8.78 Å². The normalized spacial score (nSPS) is 17.3. The van der Waals surface area contributed by atoms with Gasteiger partial charge in [0, 0.05) is 5.56 Å². The zero-order chi connectivity index (χ0) is 15.5. The van der Waals surface area contributed by atoms with E-state index < -0.39 is 0 Å². The van der Waals surface area contributed by atoms with Crippen molar-refractivity contribution in [1.82, 2.24) is 0 Å². The van der Waals surface area contributed by atoms with Crippen LogP contribution in [0.1, 0.15) is 43.7 Å². The summed E-state index contributed by atoms with van der Waals surface area (Å²) in [5, 5.41) is 0. The van der Waals surface area contributed by atoms with Gasteiger partial charge in [0.25, 0.3) is 0 Å². The fourth-order valence-corrected chi connectivity index (χ4v) is 3.48. The minimum atomic E-state index is -0.291. The molecule has 0 fully saturated rings. The van der Waals surface area contributed by atoms with Gasteiger partial charge in [-0.25, -0.2) is 8.78 Å². The molecule has 1 atom stereocenters. The second-order valence-electron chi connectivity index (χ2n) is 6.32. The van der Waals surface area contributed by atoms with Crippen molar-refractivity contribution in [2.45, 2.75) is 45.4 Å². The molecule has 3 rings (SSSR count). The Morgan fingerprint density at radius 1 is 1.05 bits per heavy atom. The standard InChI is InChI=1S/C20H22F2/c1-2-3-4-14-5-11-19-16(13-14)8-12-18(20(19)22)15-6-9-17(21)10-7-15/h6-10,12,14H,2-5,11,13H2,1H3. The summed E-state index contributed by atoms with van der Waals surface area (Å²) in [7, 11) is 0. The van der Waals surface area contributed by atoms with Crippen molar-refractivity contribution in [2.75, 3.05) is 0 Å². The van der Waals surface area contributed by atoms with Gasteiger partial charge in [0.2, 0.25) is 0 Å². The largest absolute Gasteiger partial charge is 0.207 e. The van der Waals surface area contributed by atoms with Crippen LogP contribution in [0, 0.1) is 17.6 Å². The summed E-state index contributed by atoms with van der Waals surface area (Å²) in [5.41, 5.74) is 3.37. The Balaban J connectivity index is 1.87. The lowest BCUT2D eigenvalue weighted by Gasteiger charge is -2.25. The molecule has 2 aromatic carbocycles. The maximum Gasteiger partial charge on any atom is 0.134 e. The third-order valence-corrected chi connectivity index (χ3v) is 4.77. The first-order valence-electron chi connectivity index (χ1n) is 8.25. The summed E-state index contributed by atoms with van der Waals surface area (Å²) < 4.78 is 27.9. The zero-order valence-electron chi connectivity index (χ0n) is 13.0. The van der Waals surface area contributed by atoms with Crippen molar-refractivity contribution >= 4 is 0 Å². The molecular formula is C20H22F2. The third-order valence-electron chi connectivity index (χ3n) is 4.77. The number of hydrogen-bond donors (Lipinski definition) is 0. The quantitative estimate of drug-likeness (QED) is 0.656. The van der Waals surface area contributed by atoms with Crippen LogP contribution in [0.3, 0.4) is 0 Å². The minimum Gasteiger partial charge on any atom is -0.207 e. The van der Waals surface area contributed by atoms with E-state index in [1.54, 1.807) is 12.1 Å². The van der Waals surface area contributed by atoms with Crippen LogP contribution in [0.2, 0.25) is 0 Å². The lowest BCUT2D eigenvalue weighted by atomic mass is 9.80. The Hall–Kier alpha value is -1.70. The Kier molecular flexibility index (Phi) is 4.56. The van der Waals surface area contributed by atoms with Gasteiger partial charge in [0.1, 0.15) is 11.6 Å². The van der Waals surface area contributed by atoms with Crippen molar-refractivity contribution < 1.29 is 8.78 Å². The van der Waals surface area contributed by atoms with Crippen LogP contribution >= 0.6 is 0 Å². The van der Waals surface area contributed by atoms with Crippen LogP contribution in [-0.2, 0) is 12.8 Å². The lowest BCUT2D eigenvalue weighted by Crippen LogP contribution is -2.16. The van der Waals surface area contributed by atoms with E-state index >= 15 is 0 Å². The van der Waals surface area contributed by atoms with Crippen molar-refractivity contribution in [3.63, 3.8) is 0 Å². The second-order valence-corrected chi connectivity index (χ2v) is 6.32. The predicted octanol–water partition coefficient (Wildman–Crippen LogP) is 5.93. The summed E-state index contributed by atoms with van der Waals surface area (Å²) >= 11 is 0. The SMILES string of the molecule is CCCCC1CCc2c(ccc(-c3ccc(F)cc3)c2F)C1. The lowest BCUT2D eigenvalue weighted by molar-refractivity contribution is 0.406. The molecule has 0 aromatic heterocycles. The van der Waals surface area contributed by atoms with E-state index in [1.807, 2.05) is 6.07 Å². The third kappa shape index (κ3) is 3.06. The number of unbranched alkanes of at least 4 members (excludes halogenated alkanes) is 1. The Morgan fingerprint density at radius 3 is 2.55 bits per heavy atom. The van der Waals surface area contributed by atoms with Crippen LogP contribution in [-0.4, -0.2) is 0 Å². The van der Waals surface area contributed by atoms with Gasteiger partial charge in [-0.2, -0.15) is 0 Å². The molecule has 0 saturated heterocycles. The fourth-order valence-electron chi connectivity index (χ4n) is 3.48. The maximum absolute atomic E-state index is 14.8. The molecule has 0 nitrogen and oxygen atoms in total. The molecular weight excluding hydrogens is 278 g/mol. The topological polar surface area (TPSA) is 0 Å². The van der Waals surface area contributed by atoms with Gasteiger partial charge in [0.15, 0.2) is 0 Å². The van der Waals surface area contributed by atoms with Crippen LogP contribution in [0.5, 0.6) is 0 Å². The first kappa shape index (κ1) is 15.2. The predicted molar refractivity (Wildman–Crippen MR) is 86.8 cm³/mol. The minimum absolute atomic E-state index is 0.113. The summed E-state index contributed by atoms with van der Waals surface area (Å²) in [4.78, 5) is 0. The number of benzene rings is 2. The molecule has 1 unspecified atom stereocenters. The average molecular weight is 300 g/mol. The highest BCUT2D eigenvalue weighted by Crippen LogP contribution is 2.34. The van der Waals surface area contributed by atoms with Gasteiger partial charge in [-0.15, -0.1) is 0 Å². The molecule has 2 heteroatoms. The van der Waals surface area contributed by atoms with E-state index in [0.717, 1.165) is 36.0 Å². The van der Waals surface area contributed by atoms with Crippen molar-refractivity contribution in [3.05, 3.63) is 59.2 Å². The molecule has 1 aliphatic carbocycles. The molecule has 0 aliphatic heterocycles. The summed E-state index contributed by atoms with van der Waals surface area (Å²) in [6.07, 6.45) is 6.63. The summed E-state index contributed by atoms with van der Waals surface area (Å²) in [6.45, 7) is 2.21. The molecule has 0 N–H and O–H groups in total. The van der Waals surface area contributed by atoms with E-state index in [-0.39, 0.29) is 11.6 Å². The molecule has 2 aromatic rings. The van der Waals surface area contributed by atoms with Crippen LogP contribution in [0.4, 0.5) is 8.78 Å². The van der Waals surface area contributed by atoms with Gasteiger partial charge in [-0.05, 0) is 54.0 Å². The van der Waals surface area contributed by atoms with E-state index in [4.69, 9.17) is 0 Å². The van der Waals surface area contributed by atoms with Crippen LogP contribution in [0.15, 0.2) is 36.4 Å². The molecule has 0 amide bonds. The fraction of sp³-hybridized carbons (Fsp3) is 0.400. The van der Waals surface area contributed by atoms with E-state index in [2.05, 4.69) is 13.0 Å². The van der Waals surface area contributed by atoms with Gasteiger partial charge in [-0.3, -0.25) is 0 Å². The Labute approximate surface area is 131 Å². The number of rotatable bonds is 4. The second kappa shape index (κ2) is 6.60. The molecule has 0 bridgehead atoms. The van der Waals surface area contributed by atoms with Crippen LogP contribution in [0.25, 0.3) is 11.1 Å². The van der Waals surface area contributed by atoms with E-state index in [1.165, 1.54) is 31.4 Å². The number of hydrogen-bond acceptors (Lipinski definition) is 0. The molecule has 0 heterocycles. The Bertz CT molecular complexity index is 644. The molecule has 0 radical (unpaired) electrons. The number of halogens is 2. The maximum atomic E-state index is 14.8. The van der Waals surface area contributed by atoms with Crippen molar-refractivity contribution in [3.8, 4) is 11.1 Å². The first-order chi connectivity index (χ1) is 10.7. The van der Waals surface area contributed by atoms with Crippen LogP contribution < -0.4 is 0 Å². The Morgan fingerprint density at radius 2 is 1.82 bits per heavy atom. The highest BCUT2D eigenvalue weighted by molar-refractivity contribution is 5.66.